The van der Waals surface area contributed by atoms with E-state index < -0.39 is 66.6 Å². The van der Waals surface area contributed by atoms with Crippen molar-refractivity contribution in [3.8, 4) is 23.0 Å². The Morgan fingerprint density at radius 1 is 0.500 bits per heavy atom. The van der Waals surface area contributed by atoms with Crippen molar-refractivity contribution in [2.45, 2.75) is 53.4 Å². The smallest absolute Gasteiger partial charge is 0.423 e. The van der Waals surface area contributed by atoms with Gasteiger partial charge in [-0.25, -0.2) is 19.2 Å². The van der Waals surface area contributed by atoms with E-state index >= 15 is 0 Å². The molecular formula is C28H28Cl6O10. The van der Waals surface area contributed by atoms with Gasteiger partial charge in [0, 0.05) is 0 Å². The molecule has 0 unspecified atom stereocenters. The monoisotopic (exact) mass is 734 g/mol. The molecule has 0 aliphatic heterocycles. The number of carbonyl (C=O) groups excluding carboxylic acids is 4. The van der Waals surface area contributed by atoms with Gasteiger partial charge in [0.25, 0.3) is 0 Å². The summed E-state index contributed by atoms with van der Waals surface area (Å²) < 4.78 is 31.6. The zero-order valence-corrected chi connectivity index (χ0v) is 28.5. The van der Waals surface area contributed by atoms with Crippen LogP contribution in [0.2, 0.25) is 30.1 Å². The summed E-state index contributed by atoms with van der Waals surface area (Å²) in [4.78, 5) is 52.0. The fourth-order valence-electron chi connectivity index (χ4n) is 3.37. The maximum Gasteiger partial charge on any atom is 0.423 e. The molecule has 2 aromatic rings. The normalized spacial score (nSPS) is 10.7. The Balaban J connectivity index is 2.59. The maximum absolute atomic E-state index is 13.1. The number of rotatable bonds is 14. The zero-order valence-electron chi connectivity index (χ0n) is 24.0. The summed E-state index contributed by atoms with van der Waals surface area (Å²) in [6.45, 7) is 7.08. The Kier molecular flexibility index (Phi) is 15.5. The second-order valence-corrected chi connectivity index (χ2v) is 10.8. The lowest BCUT2D eigenvalue weighted by Crippen LogP contribution is -2.27. The van der Waals surface area contributed by atoms with Crippen LogP contribution in [0.3, 0.4) is 0 Å². The third-order valence-corrected chi connectivity index (χ3v) is 7.84. The second kappa shape index (κ2) is 18.0. The van der Waals surface area contributed by atoms with Gasteiger partial charge in [0.2, 0.25) is 0 Å². The Bertz CT molecular complexity index is 1310. The van der Waals surface area contributed by atoms with Crippen LogP contribution in [0, 0.1) is 0 Å². The number of carbonyl (C=O) groups is 4. The molecule has 0 fully saturated rings. The lowest BCUT2D eigenvalue weighted by molar-refractivity contribution is -0.156. The third-order valence-electron chi connectivity index (χ3n) is 5.48. The minimum Gasteiger partial charge on any atom is -0.491 e. The standard InChI is InChI=1S/C28H28Cl6O10/c1-5-9-11-41-25(35)13-15(29)17(31)23(39-7-3)19(33)21(13)43-27(37)28(38)44-22-14(26(36)42-12-10-6-2)16(30)18(32)24(20(22)34)40-8-4/h5-12H2,1-4H3. The van der Waals surface area contributed by atoms with Gasteiger partial charge in [-0.15, -0.1) is 0 Å². The van der Waals surface area contributed by atoms with Gasteiger partial charge in [0.1, 0.15) is 31.2 Å². The molecule has 44 heavy (non-hydrogen) atoms. The number of ether oxygens (including phenoxy) is 6. The van der Waals surface area contributed by atoms with Gasteiger partial charge in [0.05, 0.1) is 36.5 Å². The van der Waals surface area contributed by atoms with Gasteiger partial charge in [0.15, 0.2) is 23.0 Å². The molecule has 0 atom stereocenters. The molecule has 0 saturated heterocycles. The third kappa shape index (κ3) is 8.89. The molecule has 0 amide bonds. The highest BCUT2D eigenvalue weighted by molar-refractivity contribution is 6.48. The number of hydrogen-bond acceptors (Lipinski definition) is 10. The van der Waals surface area contributed by atoms with E-state index in [0.29, 0.717) is 25.7 Å². The molecule has 2 rings (SSSR count). The van der Waals surface area contributed by atoms with Crippen LogP contribution in [0.5, 0.6) is 23.0 Å². The predicted molar refractivity (Wildman–Crippen MR) is 167 cm³/mol. The molecule has 0 N–H and O–H groups in total. The van der Waals surface area contributed by atoms with Gasteiger partial charge in [-0.1, -0.05) is 96.3 Å². The van der Waals surface area contributed by atoms with Crippen LogP contribution >= 0.6 is 69.6 Å². The zero-order chi connectivity index (χ0) is 33.1. The Hall–Kier alpha value is -2.34. The molecular weight excluding hydrogens is 709 g/mol. The maximum atomic E-state index is 13.1. The Morgan fingerprint density at radius 2 is 0.841 bits per heavy atom. The van der Waals surface area contributed by atoms with Crippen molar-refractivity contribution in [2.75, 3.05) is 26.4 Å². The van der Waals surface area contributed by atoms with Crippen molar-refractivity contribution < 1.29 is 47.6 Å². The predicted octanol–water partition coefficient (Wildman–Crippen LogP) is 8.83. The molecule has 0 bridgehead atoms. The van der Waals surface area contributed by atoms with Crippen LogP contribution in [-0.4, -0.2) is 50.3 Å². The number of unbranched alkanes of at least 4 members (excludes halogenated alkanes) is 2. The molecule has 0 heterocycles. The molecule has 0 spiro atoms. The van der Waals surface area contributed by atoms with E-state index in [-0.39, 0.29) is 48.0 Å². The van der Waals surface area contributed by atoms with Gasteiger partial charge in [-0.2, -0.15) is 0 Å². The van der Waals surface area contributed by atoms with Crippen molar-refractivity contribution in [1.82, 2.24) is 0 Å². The summed E-state index contributed by atoms with van der Waals surface area (Å²) in [5.74, 6) is -7.37. The highest BCUT2D eigenvalue weighted by atomic mass is 35.5. The lowest BCUT2D eigenvalue weighted by Gasteiger charge is -2.19. The lowest BCUT2D eigenvalue weighted by atomic mass is 10.1. The number of esters is 4. The highest BCUT2D eigenvalue weighted by Gasteiger charge is 2.35. The molecule has 0 radical (unpaired) electrons. The fraction of sp³-hybridized carbons (Fsp3) is 0.429. The highest BCUT2D eigenvalue weighted by Crippen LogP contribution is 2.50. The molecule has 242 valence electrons. The van der Waals surface area contributed by atoms with E-state index in [1.807, 2.05) is 13.8 Å². The summed E-state index contributed by atoms with van der Waals surface area (Å²) in [6, 6.07) is 0. The summed E-state index contributed by atoms with van der Waals surface area (Å²) in [5, 5.41) is -2.28. The summed E-state index contributed by atoms with van der Waals surface area (Å²) in [6.07, 6.45) is 2.44. The number of halogens is 6. The number of hydrogen-bond donors (Lipinski definition) is 0. The summed E-state index contributed by atoms with van der Waals surface area (Å²) >= 11 is 38.0. The minimum atomic E-state index is -1.72. The first-order valence-corrected chi connectivity index (χ1v) is 15.6. The molecule has 10 nitrogen and oxygen atoms in total. The molecule has 2 aromatic carbocycles. The number of benzene rings is 2. The van der Waals surface area contributed by atoms with E-state index in [1.54, 1.807) is 13.8 Å². The van der Waals surface area contributed by atoms with Gasteiger partial charge in [-0.05, 0) is 26.7 Å². The van der Waals surface area contributed by atoms with E-state index in [2.05, 4.69) is 0 Å². The molecule has 0 saturated carbocycles. The summed E-state index contributed by atoms with van der Waals surface area (Å²) in [7, 11) is 0. The summed E-state index contributed by atoms with van der Waals surface area (Å²) in [5.41, 5.74) is -1.09. The molecule has 0 aliphatic carbocycles. The van der Waals surface area contributed by atoms with E-state index in [9.17, 15) is 19.2 Å². The van der Waals surface area contributed by atoms with Crippen molar-refractivity contribution in [3.63, 3.8) is 0 Å². The van der Waals surface area contributed by atoms with E-state index in [0.717, 1.165) is 0 Å². The topological polar surface area (TPSA) is 124 Å². The van der Waals surface area contributed by atoms with Gasteiger partial charge in [-0.3, -0.25) is 0 Å². The fourth-order valence-corrected chi connectivity index (χ4v) is 5.01. The average molecular weight is 737 g/mol. The van der Waals surface area contributed by atoms with Crippen molar-refractivity contribution in [1.29, 1.82) is 0 Å². The first-order valence-electron chi connectivity index (χ1n) is 13.3. The van der Waals surface area contributed by atoms with Crippen LogP contribution in [0.15, 0.2) is 0 Å². The van der Waals surface area contributed by atoms with Crippen molar-refractivity contribution in [3.05, 3.63) is 41.3 Å². The second-order valence-electron chi connectivity index (χ2n) is 8.57. The quantitative estimate of drug-likeness (QED) is 0.0611. The van der Waals surface area contributed by atoms with Crippen molar-refractivity contribution in [2.24, 2.45) is 0 Å². The average Bonchev–Trinajstić information content (AvgIpc) is 2.99. The van der Waals surface area contributed by atoms with Gasteiger partial charge < -0.3 is 28.4 Å². The molecule has 0 aliphatic rings. The SMILES string of the molecule is CCCCOC(=O)c1c(Cl)c(Cl)c(OCC)c(Cl)c1OC(=O)C(=O)Oc1c(Cl)c(OCC)c(Cl)c(Cl)c1C(=O)OCCCC. The van der Waals surface area contributed by atoms with Gasteiger partial charge >= 0.3 is 23.9 Å². The minimum absolute atomic E-state index is 0.00133. The largest absolute Gasteiger partial charge is 0.491 e. The van der Waals surface area contributed by atoms with Crippen LogP contribution in [0.25, 0.3) is 0 Å². The molecule has 16 heteroatoms. The van der Waals surface area contributed by atoms with Crippen LogP contribution in [0.4, 0.5) is 0 Å². The Morgan fingerprint density at radius 3 is 1.14 bits per heavy atom. The van der Waals surface area contributed by atoms with E-state index in [1.165, 1.54) is 0 Å². The molecule has 0 aromatic heterocycles. The van der Waals surface area contributed by atoms with Crippen LogP contribution < -0.4 is 18.9 Å². The van der Waals surface area contributed by atoms with Crippen LogP contribution in [0.1, 0.15) is 74.1 Å². The Labute approximate surface area is 283 Å². The van der Waals surface area contributed by atoms with Crippen molar-refractivity contribution >= 4 is 93.5 Å². The van der Waals surface area contributed by atoms with Crippen LogP contribution in [-0.2, 0) is 19.1 Å². The van der Waals surface area contributed by atoms with E-state index in [4.69, 9.17) is 98.0 Å². The first-order chi connectivity index (χ1) is 20.9. The first kappa shape index (κ1) is 37.8.